The molecule has 72 valence electrons. The molecule has 0 radical (unpaired) electrons. The van der Waals surface area contributed by atoms with Crippen molar-refractivity contribution < 1.29 is 9.90 Å². The van der Waals surface area contributed by atoms with Crippen molar-refractivity contribution in [3.63, 3.8) is 0 Å². The van der Waals surface area contributed by atoms with Crippen LogP contribution in [0, 0.1) is 0 Å². The number of hydrogen-bond donors (Lipinski definition) is 1. The van der Waals surface area contributed by atoms with E-state index in [2.05, 4.69) is 10.3 Å². The smallest absolute Gasteiger partial charge is 0.131 e. The Labute approximate surface area is 76.7 Å². The second kappa shape index (κ2) is 4.71. The molecule has 5 heteroatoms. The first kappa shape index (κ1) is 9.85. The minimum Gasteiger partial charge on any atom is -0.394 e. The number of carbonyl (C=O) groups is 1. The van der Waals surface area contributed by atoms with Gasteiger partial charge in [-0.05, 0) is 13.0 Å². The lowest BCUT2D eigenvalue weighted by atomic mass is 10.3. The minimum atomic E-state index is -0.228. The van der Waals surface area contributed by atoms with E-state index in [4.69, 9.17) is 5.11 Å². The molecule has 0 aromatic carbocycles. The highest BCUT2D eigenvalue weighted by atomic mass is 16.3. The molecule has 1 unspecified atom stereocenters. The molecular weight excluding hydrogens is 170 g/mol. The Morgan fingerprint density at radius 3 is 2.92 bits per heavy atom. The predicted molar refractivity (Wildman–Crippen MR) is 46.9 cm³/mol. The number of rotatable bonds is 4. The molecule has 1 heterocycles. The SMILES string of the molecule is CC(=O)CCN1C=CC(CO)N=N1. The molecule has 13 heavy (non-hydrogen) atoms. The van der Waals surface area contributed by atoms with Crippen molar-refractivity contribution in [1.82, 2.24) is 5.01 Å². The highest BCUT2D eigenvalue weighted by molar-refractivity contribution is 5.75. The van der Waals surface area contributed by atoms with Crippen molar-refractivity contribution in [2.75, 3.05) is 13.2 Å². The maximum absolute atomic E-state index is 10.6. The normalized spacial score (nSPS) is 20.8. The van der Waals surface area contributed by atoms with Gasteiger partial charge >= 0.3 is 0 Å². The molecule has 1 aliphatic rings. The summed E-state index contributed by atoms with van der Waals surface area (Å²) in [6, 6.07) is -0.228. The van der Waals surface area contributed by atoms with Crippen LogP contribution in [0.15, 0.2) is 22.6 Å². The van der Waals surface area contributed by atoms with E-state index in [9.17, 15) is 4.79 Å². The molecule has 1 N–H and O–H groups in total. The van der Waals surface area contributed by atoms with Crippen molar-refractivity contribution in [1.29, 1.82) is 0 Å². The van der Waals surface area contributed by atoms with E-state index in [-0.39, 0.29) is 18.4 Å². The fraction of sp³-hybridized carbons (Fsp3) is 0.625. The van der Waals surface area contributed by atoms with E-state index in [0.29, 0.717) is 13.0 Å². The largest absolute Gasteiger partial charge is 0.394 e. The molecule has 0 aromatic heterocycles. The zero-order chi connectivity index (χ0) is 9.68. The van der Waals surface area contributed by atoms with Gasteiger partial charge in [0.15, 0.2) is 0 Å². The van der Waals surface area contributed by atoms with Crippen LogP contribution in [-0.2, 0) is 4.79 Å². The quantitative estimate of drug-likeness (QED) is 0.691. The first-order chi connectivity index (χ1) is 6.22. The lowest BCUT2D eigenvalue weighted by Gasteiger charge is -2.16. The van der Waals surface area contributed by atoms with Gasteiger partial charge in [-0.2, -0.15) is 5.11 Å². The summed E-state index contributed by atoms with van der Waals surface area (Å²) in [5, 5.41) is 17.9. The summed E-state index contributed by atoms with van der Waals surface area (Å²) in [4.78, 5) is 10.6. The molecule has 0 bridgehead atoms. The maximum atomic E-state index is 10.6. The van der Waals surface area contributed by atoms with Crippen LogP contribution in [-0.4, -0.2) is 35.1 Å². The van der Waals surface area contributed by atoms with Gasteiger partial charge in [0.25, 0.3) is 0 Å². The lowest BCUT2D eigenvalue weighted by Crippen LogP contribution is -2.19. The van der Waals surface area contributed by atoms with E-state index < -0.39 is 0 Å². The Morgan fingerprint density at radius 2 is 2.46 bits per heavy atom. The first-order valence-electron chi connectivity index (χ1n) is 4.18. The molecule has 0 fully saturated rings. The summed E-state index contributed by atoms with van der Waals surface area (Å²) in [6.45, 7) is 2.06. The molecule has 1 atom stereocenters. The van der Waals surface area contributed by atoms with Crippen LogP contribution < -0.4 is 0 Å². The molecule has 0 spiro atoms. The zero-order valence-corrected chi connectivity index (χ0v) is 7.55. The Bertz CT molecular complexity index is 224. The summed E-state index contributed by atoms with van der Waals surface area (Å²) in [5.41, 5.74) is 0. The number of Topliss-reactive ketones (excluding diaryl/α,β-unsaturated/α-hetero) is 1. The topological polar surface area (TPSA) is 65.3 Å². The van der Waals surface area contributed by atoms with Gasteiger partial charge in [0, 0.05) is 19.2 Å². The number of carbonyl (C=O) groups excluding carboxylic acids is 1. The molecule has 0 aliphatic carbocycles. The first-order valence-corrected chi connectivity index (χ1v) is 4.18. The van der Waals surface area contributed by atoms with Crippen LogP contribution in [0.4, 0.5) is 0 Å². The summed E-state index contributed by atoms with van der Waals surface area (Å²) in [6.07, 6.45) is 3.96. The van der Waals surface area contributed by atoms with Gasteiger partial charge in [0.05, 0.1) is 6.61 Å². The van der Waals surface area contributed by atoms with Crippen molar-refractivity contribution in [2.24, 2.45) is 10.3 Å². The van der Waals surface area contributed by atoms with Gasteiger partial charge < -0.3 is 5.11 Å². The van der Waals surface area contributed by atoms with E-state index in [0.717, 1.165) is 0 Å². The third-order valence-corrected chi connectivity index (χ3v) is 1.68. The molecule has 0 aromatic rings. The second-order valence-electron chi connectivity index (χ2n) is 2.91. The molecule has 1 rings (SSSR count). The molecular formula is C8H13N3O2. The fourth-order valence-electron chi connectivity index (χ4n) is 0.888. The van der Waals surface area contributed by atoms with Gasteiger partial charge in [-0.25, -0.2) is 0 Å². The van der Waals surface area contributed by atoms with Gasteiger partial charge in [0.1, 0.15) is 11.8 Å². The van der Waals surface area contributed by atoms with Crippen molar-refractivity contribution in [2.45, 2.75) is 19.4 Å². The van der Waals surface area contributed by atoms with Gasteiger partial charge in [-0.15, -0.1) is 0 Å². The van der Waals surface area contributed by atoms with Crippen LogP contribution in [0.25, 0.3) is 0 Å². The van der Waals surface area contributed by atoms with Gasteiger partial charge in [-0.1, -0.05) is 5.22 Å². The predicted octanol–water partition coefficient (Wildman–Crippen LogP) is 0.523. The Kier molecular flexibility index (Phi) is 3.57. The van der Waals surface area contributed by atoms with Crippen LogP contribution in [0.1, 0.15) is 13.3 Å². The Balaban J connectivity index is 2.32. The van der Waals surface area contributed by atoms with E-state index in [1.165, 1.54) is 0 Å². The number of aliphatic hydroxyl groups excluding tert-OH is 1. The standard InChI is InChI=1S/C8H13N3O2/c1-7(13)2-4-11-5-3-8(6-12)9-10-11/h3,5,8,12H,2,4,6H2,1H3. The number of hydrogen-bond acceptors (Lipinski definition) is 5. The second-order valence-corrected chi connectivity index (χ2v) is 2.91. The number of ketones is 1. The van der Waals surface area contributed by atoms with Gasteiger partial charge in [0.2, 0.25) is 0 Å². The van der Waals surface area contributed by atoms with Crippen LogP contribution in [0.3, 0.4) is 0 Å². The monoisotopic (exact) mass is 183 g/mol. The van der Waals surface area contributed by atoms with Crippen molar-refractivity contribution in [3.05, 3.63) is 12.3 Å². The van der Waals surface area contributed by atoms with Crippen molar-refractivity contribution in [3.8, 4) is 0 Å². The highest BCUT2D eigenvalue weighted by Crippen LogP contribution is 2.06. The lowest BCUT2D eigenvalue weighted by molar-refractivity contribution is -0.117. The average molecular weight is 183 g/mol. The zero-order valence-electron chi connectivity index (χ0n) is 7.55. The van der Waals surface area contributed by atoms with Crippen LogP contribution in [0.5, 0.6) is 0 Å². The molecule has 0 amide bonds. The summed E-state index contributed by atoms with van der Waals surface area (Å²) < 4.78 is 0. The van der Waals surface area contributed by atoms with Gasteiger partial charge in [-0.3, -0.25) is 9.80 Å². The number of aliphatic hydroxyl groups is 1. The van der Waals surface area contributed by atoms with E-state index >= 15 is 0 Å². The molecule has 0 saturated carbocycles. The molecule has 5 nitrogen and oxygen atoms in total. The summed E-state index contributed by atoms with van der Waals surface area (Å²) in [7, 11) is 0. The van der Waals surface area contributed by atoms with Crippen molar-refractivity contribution >= 4 is 5.78 Å². The fourth-order valence-corrected chi connectivity index (χ4v) is 0.888. The van der Waals surface area contributed by atoms with Crippen LogP contribution >= 0.6 is 0 Å². The maximum Gasteiger partial charge on any atom is 0.131 e. The number of nitrogens with zero attached hydrogens (tertiary/aromatic N) is 3. The minimum absolute atomic E-state index is 0.0272. The summed E-state index contributed by atoms with van der Waals surface area (Å²) in [5.74, 6) is 0.132. The third kappa shape index (κ3) is 3.33. The summed E-state index contributed by atoms with van der Waals surface area (Å²) >= 11 is 0. The third-order valence-electron chi connectivity index (χ3n) is 1.68. The molecule has 1 aliphatic heterocycles. The Morgan fingerprint density at radius 1 is 1.69 bits per heavy atom. The molecule has 0 saturated heterocycles. The Hall–Kier alpha value is -1.23. The van der Waals surface area contributed by atoms with E-state index in [1.54, 1.807) is 24.2 Å². The van der Waals surface area contributed by atoms with E-state index in [1.807, 2.05) is 0 Å². The average Bonchev–Trinajstić information content (AvgIpc) is 2.15. The van der Waals surface area contributed by atoms with Crippen LogP contribution in [0.2, 0.25) is 0 Å². The highest BCUT2D eigenvalue weighted by Gasteiger charge is 2.08.